The van der Waals surface area contributed by atoms with Crippen molar-refractivity contribution in [2.24, 2.45) is 0 Å². The van der Waals surface area contributed by atoms with Crippen LogP contribution in [0.25, 0.3) is 21.5 Å². The van der Waals surface area contributed by atoms with Gasteiger partial charge >= 0.3 is 30.2 Å². The van der Waals surface area contributed by atoms with Crippen LogP contribution in [0.5, 0.6) is 0 Å². The van der Waals surface area contributed by atoms with Crippen LogP contribution in [0.15, 0.2) is 48.5 Å². The maximum absolute atomic E-state index is 2.30. The van der Waals surface area contributed by atoms with E-state index in [0.29, 0.717) is 11.8 Å². The van der Waals surface area contributed by atoms with Crippen molar-refractivity contribution in [1.29, 1.82) is 0 Å². The van der Waals surface area contributed by atoms with Crippen molar-refractivity contribution in [2.45, 2.75) is 67.2 Å². The van der Waals surface area contributed by atoms with Gasteiger partial charge in [-0.1, -0.05) is 78.6 Å². The molecule has 4 rings (SSSR count). The van der Waals surface area contributed by atoms with Crippen LogP contribution >= 0.6 is 0 Å². The van der Waals surface area contributed by atoms with E-state index in [-0.39, 0.29) is 24.8 Å². The van der Waals surface area contributed by atoms with Gasteiger partial charge < -0.3 is 24.8 Å². The molecule has 32 heavy (non-hydrogen) atoms. The maximum atomic E-state index is 2.30. The number of aryl methyl sites for hydroxylation is 4. The average molecular weight is 563 g/mol. The molecule has 0 atom stereocenters. The van der Waals surface area contributed by atoms with Crippen molar-refractivity contribution in [3.05, 3.63) is 81.9 Å². The summed E-state index contributed by atoms with van der Waals surface area (Å²) in [6.45, 7) is 19.7. The number of fused-ring (bicyclic) bond motifs is 2. The summed E-state index contributed by atoms with van der Waals surface area (Å²) in [6.07, 6.45) is 0. The first-order valence-corrected chi connectivity index (χ1v) is 16.8. The molecule has 4 aromatic carbocycles. The number of hydrogen-bond acceptors (Lipinski definition) is 0. The van der Waals surface area contributed by atoms with Gasteiger partial charge in [0.15, 0.2) is 0 Å². The Kier molecular flexibility index (Phi) is 13.6. The van der Waals surface area contributed by atoms with Crippen molar-refractivity contribution in [3.63, 3.8) is 0 Å². The van der Waals surface area contributed by atoms with E-state index in [1.807, 2.05) is 6.88 Å². The Balaban J connectivity index is 0.000000527. The van der Waals surface area contributed by atoms with E-state index in [1.165, 1.54) is 54.9 Å². The molecule has 0 amide bonds. The molecular weight excluding hydrogens is 527 g/mol. The molecule has 0 aliphatic carbocycles. The summed E-state index contributed by atoms with van der Waals surface area (Å²) in [4.78, 5) is 0. The van der Waals surface area contributed by atoms with E-state index >= 15 is 0 Å². The molecule has 172 valence electrons. The summed E-state index contributed by atoms with van der Waals surface area (Å²) >= 11 is 1.58. The summed E-state index contributed by atoms with van der Waals surface area (Å²) in [5, 5.41) is 5.73. The zero-order chi connectivity index (χ0) is 22.6. The van der Waals surface area contributed by atoms with Crippen LogP contribution < -0.4 is 24.8 Å². The van der Waals surface area contributed by atoms with E-state index in [1.54, 1.807) is 23.3 Å². The van der Waals surface area contributed by atoms with Crippen LogP contribution in [0, 0.1) is 27.7 Å². The van der Waals surface area contributed by atoms with Crippen LogP contribution in [0.2, 0.25) is 0 Å². The first kappa shape index (κ1) is 31.3. The Morgan fingerprint density at radius 2 is 0.938 bits per heavy atom. The fraction of sp³-hybridized carbons (Fsp3) is 0.357. The zero-order valence-electron chi connectivity index (χ0n) is 20.7. The number of rotatable bonds is 2. The van der Waals surface area contributed by atoms with Gasteiger partial charge in [-0.05, 0) is 11.8 Å². The first-order chi connectivity index (χ1) is 14.2. The molecule has 0 saturated heterocycles. The molecule has 0 aliphatic heterocycles. The Bertz CT molecular complexity index is 1050. The molecule has 4 aromatic rings. The summed E-state index contributed by atoms with van der Waals surface area (Å²) in [7, 11) is 0. The van der Waals surface area contributed by atoms with Gasteiger partial charge in [0.1, 0.15) is 0 Å². The van der Waals surface area contributed by atoms with Gasteiger partial charge in [-0.15, -0.1) is 68.1 Å². The third-order valence-corrected chi connectivity index (χ3v) is 5.81. The average Bonchev–Trinajstić information content (AvgIpc) is 3.27. The Morgan fingerprint density at radius 1 is 0.625 bits per heavy atom. The van der Waals surface area contributed by atoms with E-state index in [2.05, 4.69) is 104 Å². The molecule has 0 saturated carbocycles. The van der Waals surface area contributed by atoms with E-state index < -0.39 is 0 Å². The number of hydrogen-bond donors (Lipinski definition) is 0. The summed E-state index contributed by atoms with van der Waals surface area (Å²) < 4.78 is 0. The summed E-state index contributed by atoms with van der Waals surface area (Å²) in [6, 6.07) is 18.2. The third kappa shape index (κ3) is 7.17. The van der Waals surface area contributed by atoms with Crippen molar-refractivity contribution >= 4 is 28.4 Å². The first-order valence-electron chi connectivity index (χ1n) is 10.9. The second-order valence-electron chi connectivity index (χ2n) is 8.97. The quantitative estimate of drug-likeness (QED) is 0.258. The molecule has 0 unspecified atom stereocenters. The van der Waals surface area contributed by atoms with E-state index in [9.17, 15) is 0 Å². The summed E-state index contributed by atoms with van der Waals surface area (Å²) in [5.41, 5.74) is 8.46. The minimum absolute atomic E-state index is 0. The Labute approximate surface area is 224 Å². The number of benzene rings is 2. The molecular formula is C28H36Cl2SiZr-2. The Morgan fingerprint density at radius 3 is 1.22 bits per heavy atom. The van der Waals surface area contributed by atoms with Crippen molar-refractivity contribution in [2.75, 3.05) is 0 Å². The molecule has 0 aromatic heterocycles. The topological polar surface area (TPSA) is 0 Å². The minimum atomic E-state index is 0. The predicted octanol–water partition coefficient (Wildman–Crippen LogP) is 1.69. The fourth-order valence-corrected chi connectivity index (χ4v) is 4.23. The van der Waals surface area contributed by atoms with Crippen molar-refractivity contribution < 1.29 is 48.1 Å². The van der Waals surface area contributed by atoms with Gasteiger partial charge in [-0.3, -0.25) is 0 Å². The van der Waals surface area contributed by atoms with Gasteiger partial charge in [0.05, 0.1) is 0 Å². The predicted molar refractivity (Wildman–Crippen MR) is 135 cm³/mol. The molecule has 0 aliphatic rings. The van der Waals surface area contributed by atoms with E-state index in [4.69, 9.17) is 0 Å². The van der Waals surface area contributed by atoms with Gasteiger partial charge in [0.2, 0.25) is 0 Å². The van der Waals surface area contributed by atoms with Crippen LogP contribution in [0.4, 0.5) is 0 Å². The molecule has 0 N–H and O–H groups in total. The van der Waals surface area contributed by atoms with Gasteiger partial charge in [-0.2, -0.15) is 12.1 Å². The fourth-order valence-electron chi connectivity index (χ4n) is 4.23. The Hall–Kier alpha value is -0.660. The molecule has 0 bridgehead atoms. The van der Waals surface area contributed by atoms with Gasteiger partial charge in [0.25, 0.3) is 0 Å². The van der Waals surface area contributed by atoms with Crippen LogP contribution in [0.1, 0.15) is 72.9 Å². The van der Waals surface area contributed by atoms with Crippen LogP contribution in [0.3, 0.4) is 0 Å². The van der Waals surface area contributed by atoms with E-state index in [0.717, 1.165) is 0 Å². The van der Waals surface area contributed by atoms with Gasteiger partial charge in [0, 0.05) is 0 Å². The van der Waals surface area contributed by atoms with Crippen molar-refractivity contribution in [1.82, 2.24) is 0 Å². The van der Waals surface area contributed by atoms with Crippen molar-refractivity contribution in [3.8, 4) is 0 Å². The van der Waals surface area contributed by atoms with Crippen LogP contribution in [-0.2, 0) is 23.3 Å². The SMILES string of the molecule is Cc1cc2c(C(C)C)ccc(C)c2[cH-]1.Cc1cc2c(C(C)C)ccc(C)c2[cH-]1.[Cl-].[Cl-].[SiH2]=[Zr+2]. The molecule has 4 heteroatoms. The molecule has 0 spiro atoms. The molecule has 0 heterocycles. The zero-order valence-corrected chi connectivity index (χ0v) is 26.1. The summed E-state index contributed by atoms with van der Waals surface area (Å²) in [5.74, 6) is 1.22. The third-order valence-electron chi connectivity index (χ3n) is 5.81. The standard InChI is InChI=1S/2C14H17.2ClH.H2Si.Zr/c2*1-9(2)12-6-5-11(4)13-7-10(3)8-14(12)13;;;;/h2*5-9H,1-4H3;2*1H;1H2;/q2*-1;;;;+2/p-2. The second kappa shape index (κ2) is 13.9. The molecule has 0 fully saturated rings. The monoisotopic (exact) mass is 560 g/mol. The molecule has 0 radical (unpaired) electrons. The van der Waals surface area contributed by atoms with Crippen LogP contribution in [-0.4, -0.2) is 6.88 Å². The number of halogens is 2. The normalized spacial score (nSPS) is 10.2. The van der Waals surface area contributed by atoms with Gasteiger partial charge in [-0.25, -0.2) is 0 Å². The second-order valence-corrected chi connectivity index (χ2v) is 8.97. The molecule has 0 nitrogen and oxygen atoms in total.